The van der Waals surface area contributed by atoms with Crippen LogP contribution in [-0.2, 0) is 47.9 Å². The predicted octanol–water partition coefficient (Wildman–Crippen LogP) is -6.51. The number of aliphatic hydroxyl groups excluding tert-OH is 4. The molecule has 0 rings (SSSR count). The molecule has 35 nitrogen and oxygen atoms in total. The molecule has 0 aliphatic rings. The largest absolute Gasteiger partial charge is 0.481 e. The maximum atomic E-state index is 10.2. The van der Waals surface area contributed by atoms with Crippen LogP contribution in [0.5, 0.6) is 0 Å². The summed E-state index contributed by atoms with van der Waals surface area (Å²) >= 11 is 0. The first kappa shape index (κ1) is 88.1. The lowest BCUT2D eigenvalue weighted by atomic mass is 10.0. The molecule has 0 aliphatic carbocycles. The van der Waals surface area contributed by atoms with Gasteiger partial charge in [-0.1, -0.05) is 48.0 Å². The monoisotopic (exact) mass is 1110 g/mol. The minimum atomic E-state index is -1.29. The van der Waals surface area contributed by atoms with E-state index in [-0.39, 0.29) is 50.4 Å². The van der Waals surface area contributed by atoms with Crippen molar-refractivity contribution >= 4 is 65.7 Å². The summed E-state index contributed by atoms with van der Waals surface area (Å²) in [6, 6.07) is -6.40. The zero-order chi connectivity index (χ0) is 61.9. The Labute approximate surface area is 432 Å². The van der Waals surface area contributed by atoms with Gasteiger partial charge in [0, 0.05) is 13.0 Å². The molecule has 0 aromatic rings. The Morgan fingerprint density at radius 2 is 0.867 bits per heavy atom. The highest BCUT2D eigenvalue weighted by molar-refractivity contribution is 5.80. The first-order valence-corrected chi connectivity index (χ1v) is 21.9. The third kappa shape index (κ3) is 81.8. The summed E-state index contributed by atoms with van der Waals surface area (Å²) in [6.07, 6.45) is 0.629. The number of carboxylic acid groups (broad SMARTS) is 10. The van der Waals surface area contributed by atoms with Gasteiger partial charge >= 0.3 is 59.7 Å². The quantitative estimate of drug-likeness (QED) is 0.0230. The third-order valence-corrected chi connectivity index (χ3v) is 7.72. The molecular weight excluding hydrogens is 1020 g/mol. The molecule has 8 unspecified atom stereocenters. The van der Waals surface area contributed by atoms with Gasteiger partial charge < -0.3 is 128 Å². The van der Waals surface area contributed by atoms with Crippen LogP contribution in [0, 0.1) is 23.2 Å². The molecule has 0 spiro atoms. The molecule has 0 fully saturated rings. The van der Waals surface area contributed by atoms with Crippen LogP contribution < -0.4 is 56.9 Å². The van der Waals surface area contributed by atoms with E-state index in [0.29, 0.717) is 31.7 Å². The van der Waals surface area contributed by atoms with Crippen LogP contribution in [0.25, 0.3) is 0 Å². The van der Waals surface area contributed by atoms with Crippen molar-refractivity contribution in [2.24, 2.45) is 69.4 Å². The number of carboxylic acids is 10. The molecule has 0 bridgehead atoms. The Morgan fingerprint density at radius 1 is 0.507 bits per heavy atom. The highest BCUT2D eigenvalue weighted by Gasteiger charge is 2.18. The van der Waals surface area contributed by atoms with Crippen LogP contribution >= 0.6 is 0 Å². The van der Waals surface area contributed by atoms with Crippen molar-refractivity contribution in [3.8, 4) is 0 Å². The Balaban J connectivity index is -0.0000000942. The van der Waals surface area contributed by atoms with Crippen LogP contribution in [-0.4, -0.2) is 218 Å². The van der Waals surface area contributed by atoms with Gasteiger partial charge in [-0.05, 0) is 43.4 Å². The number of rotatable bonds is 25. The average Bonchev–Trinajstić information content (AvgIpc) is 3.31. The molecule has 35 heteroatoms. The van der Waals surface area contributed by atoms with E-state index in [1.165, 1.54) is 0 Å². The smallest absolute Gasteiger partial charge is 0.322 e. The van der Waals surface area contributed by atoms with Gasteiger partial charge in [-0.15, -0.1) is 0 Å². The van der Waals surface area contributed by atoms with E-state index < -0.39 is 121 Å². The molecule has 0 aliphatic heterocycles. The van der Waals surface area contributed by atoms with Crippen LogP contribution in [0.2, 0.25) is 0 Å². The summed E-state index contributed by atoms with van der Waals surface area (Å²) in [4.78, 5) is 98.9. The maximum Gasteiger partial charge on any atom is 0.322 e. The Bertz CT molecular complexity index is 1580. The summed E-state index contributed by atoms with van der Waals surface area (Å²) in [6.45, 7) is 10.2. The van der Waals surface area contributed by atoms with E-state index in [4.69, 9.17) is 123 Å². The second kappa shape index (κ2) is 56.8. The Morgan fingerprint density at radius 3 is 1.01 bits per heavy atom. The number of guanidine groups is 1. The van der Waals surface area contributed by atoms with Crippen molar-refractivity contribution < 1.29 is 119 Å². The van der Waals surface area contributed by atoms with E-state index in [1.807, 2.05) is 27.7 Å². The first-order valence-electron chi connectivity index (χ1n) is 21.9. The summed E-state index contributed by atoms with van der Waals surface area (Å²) in [5.41, 5.74) is 45.0. The van der Waals surface area contributed by atoms with Crippen LogP contribution in [0.3, 0.4) is 0 Å². The molecule has 34 N–H and O–H groups in total. The lowest BCUT2D eigenvalue weighted by Gasteiger charge is -2.11. The third-order valence-electron chi connectivity index (χ3n) is 7.72. The SMILES string of the molecule is CC(C)C(N)C(=O)O.CC(C)CC(N)C(=O)O.CCC(C)C(N)C(=O)O.N=C(N)NCCCC(N)C(=O)O.NC(CC(=O)O)C(=O)O.NC(CCC(=O)O)C(=O)O.NC(CO)C(=O)O.NCC(=O)O.OCC(O)CO. The molecule has 0 aromatic heterocycles. The second-order valence-corrected chi connectivity index (χ2v) is 15.5. The van der Waals surface area contributed by atoms with E-state index in [0.717, 1.165) is 6.42 Å². The Kier molecular flexibility index (Phi) is 66.7. The minimum absolute atomic E-state index is 0.0208. The minimum Gasteiger partial charge on any atom is -0.481 e. The summed E-state index contributed by atoms with van der Waals surface area (Å²) in [7, 11) is 0. The topological polar surface area (TPSA) is 724 Å². The standard InChI is InChI=1S/C6H14N4O2.2C6H13NO2.C5H9NO4.C5H11NO2.C4H7NO4.C3H7NO3.C3H8O3.C2H5NO2/c7-4(5(11)12)2-1-3-10-6(8)9;1-4(2)3-5(7)6(8)9;1-3-4(2)5(7)6(8)9;6-3(5(9)10)1-2-4(7)8;1-3(2)4(6)5(7)8;5-2(4(8)9)1-3(6)7;4-2(1-5)3(6)7;4-1-3(6)2-5;3-1-2(4)5/h4H,1-3,7H2,(H,11,12)(H4,8,9,10);2*4-5H,3,7H2,1-2H3,(H,8,9);3H,1-2,6H2,(H,7,8)(H,9,10);3-4H,6H2,1-2H3,(H,7,8);2H,1,5H2,(H,6,7)(H,8,9);2,5H,1,4H2,(H,6,7);3-6H,1-2H2;1,3H2,(H,4,5). The van der Waals surface area contributed by atoms with Gasteiger partial charge in [-0.25, -0.2) is 0 Å². The molecule has 0 radical (unpaired) electrons. The summed E-state index contributed by atoms with van der Waals surface area (Å²) < 4.78 is 0. The van der Waals surface area contributed by atoms with Crippen molar-refractivity contribution in [1.82, 2.24) is 5.32 Å². The van der Waals surface area contributed by atoms with Gasteiger partial charge in [0.05, 0.1) is 32.8 Å². The normalized spacial score (nSPS) is 12.8. The molecule has 0 saturated heterocycles. The maximum absolute atomic E-state index is 10.2. The van der Waals surface area contributed by atoms with Crippen LogP contribution in [0.1, 0.15) is 86.5 Å². The number of nitrogens with two attached hydrogens (primary N) is 9. The second-order valence-electron chi connectivity index (χ2n) is 15.5. The van der Waals surface area contributed by atoms with Crippen molar-refractivity contribution in [1.29, 1.82) is 5.41 Å². The predicted molar refractivity (Wildman–Crippen MR) is 265 cm³/mol. The van der Waals surface area contributed by atoms with E-state index >= 15 is 0 Å². The van der Waals surface area contributed by atoms with E-state index in [1.54, 1.807) is 13.8 Å². The molecule has 0 heterocycles. The van der Waals surface area contributed by atoms with Crippen molar-refractivity contribution in [3.05, 3.63) is 0 Å². The van der Waals surface area contributed by atoms with Gasteiger partial charge in [0.2, 0.25) is 0 Å². The highest BCUT2D eigenvalue weighted by atomic mass is 16.4. The molecule has 0 amide bonds. The summed E-state index contributed by atoms with van der Waals surface area (Å²) in [5.74, 6) is -10.3. The fourth-order valence-corrected chi connectivity index (χ4v) is 2.87. The molecule has 75 heavy (non-hydrogen) atoms. The average molecular weight is 1110 g/mol. The van der Waals surface area contributed by atoms with Crippen LogP contribution in [0.4, 0.5) is 0 Å². The summed E-state index contributed by atoms with van der Waals surface area (Å²) in [5, 5.41) is 122. The van der Waals surface area contributed by atoms with Crippen molar-refractivity contribution in [2.45, 2.75) is 135 Å². The molecule has 0 aromatic carbocycles. The van der Waals surface area contributed by atoms with Crippen molar-refractivity contribution in [3.63, 3.8) is 0 Å². The van der Waals surface area contributed by atoms with Gasteiger partial charge in [-0.2, -0.15) is 0 Å². The van der Waals surface area contributed by atoms with Crippen LogP contribution in [0.15, 0.2) is 0 Å². The number of nitrogens with one attached hydrogen (secondary N) is 2. The number of hydrogen-bond acceptors (Lipinski definition) is 23. The zero-order valence-electron chi connectivity index (χ0n) is 42.9. The van der Waals surface area contributed by atoms with Gasteiger partial charge in [-0.3, -0.25) is 53.4 Å². The lowest BCUT2D eigenvalue weighted by Crippen LogP contribution is -2.36. The molecule has 0 saturated carbocycles. The fourth-order valence-electron chi connectivity index (χ4n) is 2.87. The molecular formula is C40H87N11O24. The number of aliphatic carboxylic acids is 10. The zero-order valence-corrected chi connectivity index (χ0v) is 42.9. The van der Waals surface area contributed by atoms with Gasteiger partial charge in [0.15, 0.2) is 5.96 Å². The first-order chi connectivity index (χ1) is 34.1. The lowest BCUT2D eigenvalue weighted by molar-refractivity contribution is -0.144. The number of carbonyl (C=O) groups is 10. The molecule has 8 atom stereocenters. The number of aliphatic hydroxyl groups is 4. The van der Waals surface area contributed by atoms with E-state index in [9.17, 15) is 47.9 Å². The highest BCUT2D eigenvalue weighted by Crippen LogP contribution is 2.04. The van der Waals surface area contributed by atoms with Gasteiger partial charge in [0.25, 0.3) is 0 Å². The molecule has 446 valence electrons. The Hall–Kier alpha value is -6.51. The van der Waals surface area contributed by atoms with Crippen molar-refractivity contribution in [2.75, 3.05) is 32.9 Å². The number of hydrogen-bond donors (Lipinski definition) is 25. The van der Waals surface area contributed by atoms with E-state index in [2.05, 4.69) is 11.1 Å². The van der Waals surface area contributed by atoms with Gasteiger partial charge in [0.1, 0.15) is 48.4 Å². The fraction of sp³-hybridized carbons (Fsp3) is 0.725.